The van der Waals surface area contributed by atoms with Crippen LogP contribution in [0, 0.1) is 0 Å². The van der Waals surface area contributed by atoms with Gasteiger partial charge in [0.1, 0.15) is 5.69 Å². The van der Waals surface area contributed by atoms with E-state index < -0.39 is 0 Å². The zero-order valence-electron chi connectivity index (χ0n) is 10.4. The summed E-state index contributed by atoms with van der Waals surface area (Å²) in [5.74, 6) is 0.00688. The first-order chi connectivity index (χ1) is 8.79. The molecule has 2 rings (SSSR count). The average Bonchev–Trinajstić information content (AvgIpc) is 2.91. The van der Waals surface area contributed by atoms with Crippen LogP contribution in [0.1, 0.15) is 6.42 Å². The number of rotatable bonds is 5. The molecule has 0 radical (unpaired) electrons. The number of halogens is 1. The second-order valence-corrected chi connectivity index (χ2v) is 4.38. The molecule has 1 aromatic carbocycles. The number of carbonyl (C=O) groups excluding carboxylic acids is 1. The fourth-order valence-corrected chi connectivity index (χ4v) is 1.94. The molecule has 0 saturated heterocycles. The van der Waals surface area contributed by atoms with Crippen LogP contribution in [0.4, 0.5) is 5.69 Å². The number of hydrogen-bond acceptors (Lipinski definition) is 5. The maximum atomic E-state index is 11.5. The molecule has 0 aliphatic rings. The molecule has 0 spiro atoms. The third kappa shape index (κ3) is 4.59. The van der Waals surface area contributed by atoms with Crippen molar-refractivity contribution in [2.24, 2.45) is 0 Å². The van der Waals surface area contributed by atoms with E-state index in [-0.39, 0.29) is 18.3 Å². The molecule has 7 heteroatoms. The number of nitrogens with zero attached hydrogens (tertiary/aromatic N) is 2. The highest BCUT2D eigenvalue weighted by Crippen LogP contribution is 2.19. The summed E-state index contributed by atoms with van der Waals surface area (Å²) in [6, 6.07) is 7.58. The number of carbonyl (C=O) groups is 1. The summed E-state index contributed by atoms with van der Waals surface area (Å²) in [7, 11) is 1.82. The van der Waals surface area contributed by atoms with E-state index in [1.54, 1.807) is 0 Å². The van der Waals surface area contributed by atoms with Gasteiger partial charge in [-0.15, -0.1) is 17.5 Å². The summed E-state index contributed by atoms with van der Waals surface area (Å²) in [6.07, 6.45) is 0.467. The molecule has 0 aliphatic carbocycles. The van der Waals surface area contributed by atoms with Crippen LogP contribution in [0.25, 0.3) is 11.3 Å². The van der Waals surface area contributed by atoms with Crippen molar-refractivity contribution in [3.63, 3.8) is 0 Å². The molecular formula is C12H15ClN4OS. The van der Waals surface area contributed by atoms with Crippen molar-refractivity contribution >= 4 is 35.5 Å². The van der Waals surface area contributed by atoms with Gasteiger partial charge < -0.3 is 10.6 Å². The van der Waals surface area contributed by atoms with E-state index in [9.17, 15) is 4.79 Å². The van der Waals surface area contributed by atoms with E-state index >= 15 is 0 Å². The molecular weight excluding hydrogens is 284 g/mol. The minimum Gasteiger partial charge on any atom is -0.326 e. The molecule has 102 valence electrons. The summed E-state index contributed by atoms with van der Waals surface area (Å²) >= 11 is 1.32. The number of hydrogen-bond donors (Lipinski definition) is 2. The van der Waals surface area contributed by atoms with Crippen molar-refractivity contribution < 1.29 is 4.79 Å². The highest BCUT2D eigenvalue weighted by atomic mass is 35.5. The molecule has 1 aromatic heterocycles. The molecule has 0 unspecified atom stereocenters. The maximum Gasteiger partial charge on any atom is 0.225 e. The van der Waals surface area contributed by atoms with Crippen LogP contribution >= 0.6 is 23.9 Å². The highest BCUT2D eigenvalue weighted by molar-refractivity contribution is 7.03. The lowest BCUT2D eigenvalue weighted by atomic mass is 10.1. The van der Waals surface area contributed by atoms with Gasteiger partial charge in [0.25, 0.3) is 0 Å². The Morgan fingerprint density at radius 3 is 2.63 bits per heavy atom. The van der Waals surface area contributed by atoms with Gasteiger partial charge in [-0.3, -0.25) is 4.79 Å². The first-order valence-corrected chi connectivity index (χ1v) is 6.45. The monoisotopic (exact) mass is 298 g/mol. The predicted octanol–water partition coefficient (Wildman–Crippen LogP) is 2.17. The van der Waals surface area contributed by atoms with Gasteiger partial charge in [0.2, 0.25) is 5.91 Å². The van der Waals surface area contributed by atoms with Crippen molar-refractivity contribution in [1.29, 1.82) is 0 Å². The van der Waals surface area contributed by atoms with Crippen LogP contribution in [0.2, 0.25) is 0 Å². The molecule has 0 fully saturated rings. The van der Waals surface area contributed by atoms with E-state index in [1.165, 1.54) is 11.5 Å². The average molecular weight is 299 g/mol. The third-order valence-electron chi connectivity index (χ3n) is 2.43. The third-order valence-corrected chi connectivity index (χ3v) is 2.93. The molecule has 2 N–H and O–H groups in total. The number of benzene rings is 1. The fraction of sp³-hybridized carbons (Fsp3) is 0.250. The van der Waals surface area contributed by atoms with Crippen LogP contribution in [0.5, 0.6) is 0 Å². The lowest BCUT2D eigenvalue weighted by molar-refractivity contribution is -0.116. The van der Waals surface area contributed by atoms with Crippen LogP contribution < -0.4 is 10.6 Å². The zero-order chi connectivity index (χ0) is 12.8. The van der Waals surface area contributed by atoms with Crippen LogP contribution in [0.3, 0.4) is 0 Å². The van der Waals surface area contributed by atoms with E-state index in [4.69, 9.17) is 0 Å². The summed E-state index contributed by atoms with van der Waals surface area (Å²) in [4.78, 5) is 11.5. The van der Waals surface area contributed by atoms with Crippen molar-refractivity contribution in [2.45, 2.75) is 6.42 Å². The maximum absolute atomic E-state index is 11.5. The highest BCUT2D eigenvalue weighted by Gasteiger charge is 2.03. The van der Waals surface area contributed by atoms with Crippen molar-refractivity contribution in [3.8, 4) is 11.3 Å². The summed E-state index contributed by atoms with van der Waals surface area (Å²) in [5.41, 5.74) is 2.65. The lowest BCUT2D eigenvalue weighted by Crippen LogP contribution is -2.18. The summed E-state index contributed by atoms with van der Waals surface area (Å²) in [5, 5.41) is 11.7. The molecule has 2 aromatic rings. The first kappa shape index (κ1) is 15.6. The smallest absolute Gasteiger partial charge is 0.225 e. The van der Waals surface area contributed by atoms with E-state index in [0.29, 0.717) is 13.0 Å². The number of anilines is 1. The Hall–Kier alpha value is -1.50. The fourth-order valence-electron chi connectivity index (χ4n) is 1.48. The van der Waals surface area contributed by atoms with E-state index in [2.05, 4.69) is 20.2 Å². The molecule has 0 atom stereocenters. The van der Waals surface area contributed by atoms with Crippen LogP contribution in [-0.4, -0.2) is 29.1 Å². The number of aromatic nitrogens is 2. The van der Waals surface area contributed by atoms with Gasteiger partial charge in [-0.25, -0.2) is 0 Å². The Morgan fingerprint density at radius 2 is 2.05 bits per heavy atom. The van der Waals surface area contributed by atoms with Gasteiger partial charge in [-0.05, 0) is 30.7 Å². The molecule has 19 heavy (non-hydrogen) atoms. The quantitative estimate of drug-likeness (QED) is 0.888. The molecule has 0 aliphatic heterocycles. The van der Waals surface area contributed by atoms with Gasteiger partial charge >= 0.3 is 0 Å². The van der Waals surface area contributed by atoms with Gasteiger partial charge in [0.15, 0.2) is 0 Å². The lowest BCUT2D eigenvalue weighted by Gasteiger charge is -2.05. The topological polar surface area (TPSA) is 66.9 Å². The van der Waals surface area contributed by atoms with Crippen LogP contribution in [0.15, 0.2) is 29.6 Å². The Balaban J connectivity index is 0.00000180. The summed E-state index contributed by atoms with van der Waals surface area (Å²) < 4.78 is 3.82. The second kappa shape index (κ2) is 7.83. The Morgan fingerprint density at radius 1 is 1.32 bits per heavy atom. The predicted molar refractivity (Wildman–Crippen MR) is 79.8 cm³/mol. The van der Waals surface area contributed by atoms with E-state index in [0.717, 1.165) is 16.9 Å². The van der Waals surface area contributed by atoms with Crippen molar-refractivity contribution in [1.82, 2.24) is 14.9 Å². The van der Waals surface area contributed by atoms with Gasteiger partial charge in [-0.1, -0.05) is 16.6 Å². The normalized spacial score (nSPS) is 9.74. The second-order valence-electron chi connectivity index (χ2n) is 3.77. The molecule has 5 nitrogen and oxygen atoms in total. The minimum atomic E-state index is 0. The molecule has 1 heterocycles. The summed E-state index contributed by atoms with van der Waals surface area (Å²) in [6.45, 7) is 0.675. The van der Waals surface area contributed by atoms with Gasteiger partial charge in [0.05, 0.1) is 0 Å². The van der Waals surface area contributed by atoms with Gasteiger partial charge in [0, 0.05) is 29.6 Å². The largest absolute Gasteiger partial charge is 0.326 e. The molecule has 0 saturated carbocycles. The van der Waals surface area contributed by atoms with Crippen molar-refractivity contribution in [3.05, 3.63) is 29.6 Å². The van der Waals surface area contributed by atoms with Crippen LogP contribution in [-0.2, 0) is 4.79 Å². The van der Waals surface area contributed by atoms with Crippen molar-refractivity contribution in [2.75, 3.05) is 18.9 Å². The SMILES string of the molecule is CNCCC(=O)Nc1ccc(-c2csnn2)cc1.Cl. The molecule has 1 amide bonds. The van der Waals surface area contributed by atoms with E-state index in [1.807, 2.05) is 36.7 Å². The Kier molecular flexibility index (Phi) is 6.41. The first-order valence-electron chi connectivity index (χ1n) is 5.61. The zero-order valence-corrected chi connectivity index (χ0v) is 12.1. The standard InChI is InChI=1S/C12H14N4OS.ClH/c1-13-7-6-12(17)14-10-4-2-9(3-5-10)11-8-18-16-15-11;/h2-5,8,13H,6-7H2,1H3,(H,14,17);1H. The van der Waals surface area contributed by atoms with Gasteiger partial charge in [-0.2, -0.15) is 0 Å². The molecule has 0 bridgehead atoms. The Labute approximate surface area is 122 Å². The number of nitrogens with one attached hydrogen (secondary N) is 2. The Bertz CT molecular complexity index is 501. The minimum absolute atomic E-state index is 0. The number of amides is 1.